The Morgan fingerprint density at radius 3 is 2.88 bits per heavy atom. The van der Waals surface area contributed by atoms with E-state index < -0.39 is 0 Å². The first-order valence-electron chi connectivity index (χ1n) is 8.49. The molecule has 0 fully saturated rings. The maximum absolute atomic E-state index is 12.7. The Hall–Kier alpha value is -1.92. The van der Waals surface area contributed by atoms with Crippen molar-refractivity contribution in [2.24, 2.45) is 0 Å². The van der Waals surface area contributed by atoms with E-state index in [1.807, 2.05) is 13.8 Å². The summed E-state index contributed by atoms with van der Waals surface area (Å²) in [5, 5.41) is 14.8. The molecule has 0 saturated heterocycles. The molecule has 6 nitrogen and oxygen atoms in total. The Labute approximate surface area is 161 Å². The molecule has 26 heavy (non-hydrogen) atoms. The molecule has 1 aromatic heterocycles. The van der Waals surface area contributed by atoms with Gasteiger partial charge in [-0.25, -0.2) is 0 Å². The Morgan fingerprint density at radius 1 is 1.38 bits per heavy atom. The Kier molecular flexibility index (Phi) is 5.63. The van der Waals surface area contributed by atoms with Crippen molar-refractivity contribution >= 4 is 34.8 Å². The van der Waals surface area contributed by atoms with Crippen LogP contribution in [0.1, 0.15) is 38.0 Å². The van der Waals surface area contributed by atoms with E-state index in [1.54, 1.807) is 11.0 Å². The van der Waals surface area contributed by atoms with Crippen molar-refractivity contribution in [2.75, 3.05) is 11.4 Å². The van der Waals surface area contributed by atoms with E-state index in [-0.39, 0.29) is 29.2 Å². The lowest BCUT2D eigenvalue weighted by atomic mass is 10.00. The summed E-state index contributed by atoms with van der Waals surface area (Å²) in [6.07, 6.45) is 2.06. The van der Waals surface area contributed by atoms with Gasteiger partial charge in [0.1, 0.15) is 5.76 Å². The number of halogens is 2. The van der Waals surface area contributed by atoms with Crippen LogP contribution < -0.4 is 9.64 Å². The van der Waals surface area contributed by atoms with Crippen LogP contribution in [-0.4, -0.2) is 28.8 Å². The highest BCUT2D eigenvalue weighted by molar-refractivity contribution is 6.37. The number of rotatable bonds is 5. The highest BCUT2D eigenvalue weighted by Crippen LogP contribution is 2.44. The maximum atomic E-state index is 12.7. The van der Waals surface area contributed by atoms with E-state index in [2.05, 4.69) is 5.16 Å². The summed E-state index contributed by atoms with van der Waals surface area (Å²) < 4.78 is 10.6. The maximum Gasteiger partial charge on any atom is 0.254 e. The molecule has 1 aliphatic rings. The molecule has 1 amide bonds. The number of amides is 1. The van der Waals surface area contributed by atoms with Crippen LogP contribution in [0.4, 0.5) is 5.69 Å². The summed E-state index contributed by atoms with van der Waals surface area (Å²) in [6, 6.07) is 3.19. The molecule has 3 rings (SSSR count). The van der Waals surface area contributed by atoms with Crippen LogP contribution in [-0.2, 0) is 17.6 Å². The van der Waals surface area contributed by atoms with E-state index in [1.165, 1.54) is 6.07 Å². The molecule has 0 aliphatic carbocycles. The largest absolute Gasteiger partial charge is 0.504 e. The number of hydrogen-bond donors (Lipinski definition) is 1. The number of carbonyl (C=O) groups is 1. The minimum atomic E-state index is -0.137. The average molecular weight is 399 g/mol. The van der Waals surface area contributed by atoms with E-state index >= 15 is 0 Å². The van der Waals surface area contributed by atoms with Gasteiger partial charge in [-0.15, -0.1) is 0 Å². The summed E-state index contributed by atoms with van der Waals surface area (Å²) in [6.45, 7) is 4.30. The quantitative estimate of drug-likeness (QED) is 0.807. The molecule has 1 aliphatic heterocycles. The van der Waals surface area contributed by atoms with Crippen LogP contribution in [0.2, 0.25) is 10.0 Å². The van der Waals surface area contributed by atoms with Gasteiger partial charge in [0.2, 0.25) is 5.91 Å². The van der Waals surface area contributed by atoms with Gasteiger partial charge in [-0.1, -0.05) is 23.2 Å². The molecule has 1 N–H and O–H groups in total. The first kappa shape index (κ1) is 18.9. The van der Waals surface area contributed by atoms with Crippen molar-refractivity contribution in [3.8, 4) is 11.6 Å². The summed E-state index contributed by atoms with van der Waals surface area (Å²) in [4.78, 5) is 14.3. The van der Waals surface area contributed by atoms with E-state index in [0.717, 1.165) is 12.0 Å². The zero-order valence-electron chi connectivity index (χ0n) is 14.6. The second kappa shape index (κ2) is 7.76. The minimum absolute atomic E-state index is 0.00287. The standard InChI is InChI=1S/C18H20Cl2N2O4/c1-10(2)25-15-8-11(26-21-15)5-6-16(23)22-7-3-4-12-13(19)9-14(20)18(24)17(12)22/h8-10,24H,3-7H2,1-2H3. The van der Waals surface area contributed by atoms with Crippen LogP contribution in [0.3, 0.4) is 0 Å². The van der Waals surface area contributed by atoms with Crippen molar-refractivity contribution in [1.82, 2.24) is 5.16 Å². The topological polar surface area (TPSA) is 75.8 Å². The van der Waals surface area contributed by atoms with E-state index in [4.69, 9.17) is 32.5 Å². The van der Waals surface area contributed by atoms with Gasteiger partial charge in [0.15, 0.2) is 5.75 Å². The van der Waals surface area contributed by atoms with Crippen LogP contribution in [0.25, 0.3) is 0 Å². The normalized spacial score (nSPS) is 13.8. The molecule has 0 bridgehead atoms. The number of fused-ring (bicyclic) bond motifs is 1. The number of aromatic hydroxyl groups is 1. The highest BCUT2D eigenvalue weighted by atomic mass is 35.5. The molecule has 0 radical (unpaired) electrons. The number of anilines is 1. The number of nitrogens with zero attached hydrogens (tertiary/aromatic N) is 2. The smallest absolute Gasteiger partial charge is 0.254 e. The van der Waals surface area contributed by atoms with Gasteiger partial charge < -0.3 is 19.3 Å². The highest BCUT2D eigenvalue weighted by Gasteiger charge is 2.28. The second-order valence-electron chi connectivity index (χ2n) is 6.46. The fourth-order valence-electron chi connectivity index (χ4n) is 3.01. The Morgan fingerprint density at radius 2 is 2.15 bits per heavy atom. The van der Waals surface area contributed by atoms with Crippen molar-refractivity contribution < 1.29 is 19.2 Å². The molecular formula is C18H20Cl2N2O4. The molecule has 1 aromatic carbocycles. The van der Waals surface area contributed by atoms with Crippen molar-refractivity contribution in [2.45, 2.75) is 45.6 Å². The molecule has 0 saturated carbocycles. The lowest BCUT2D eigenvalue weighted by Crippen LogP contribution is -2.35. The van der Waals surface area contributed by atoms with Crippen LogP contribution >= 0.6 is 23.2 Å². The first-order chi connectivity index (χ1) is 12.4. The summed E-state index contributed by atoms with van der Waals surface area (Å²) >= 11 is 12.3. The predicted molar refractivity (Wildman–Crippen MR) is 99.4 cm³/mol. The number of phenolic OH excluding ortho intramolecular Hbond substituents is 1. The average Bonchev–Trinajstić information content (AvgIpc) is 3.03. The monoisotopic (exact) mass is 398 g/mol. The zero-order valence-corrected chi connectivity index (χ0v) is 16.1. The van der Waals surface area contributed by atoms with Crippen LogP contribution in [0.5, 0.6) is 11.6 Å². The van der Waals surface area contributed by atoms with Gasteiger partial charge >= 0.3 is 0 Å². The molecule has 2 aromatic rings. The van der Waals surface area contributed by atoms with Gasteiger partial charge in [-0.2, -0.15) is 0 Å². The number of hydrogen-bond acceptors (Lipinski definition) is 5. The lowest BCUT2D eigenvalue weighted by Gasteiger charge is -2.31. The van der Waals surface area contributed by atoms with Crippen molar-refractivity contribution in [3.63, 3.8) is 0 Å². The zero-order chi connectivity index (χ0) is 18.8. The summed E-state index contributed by atoms with van der Waals surface area (Å²) in [5.41, 5.74) is 1.17. The van der Waals surface area contributed by atoms with Gasteiger partial charge in [0, 0.05) is 30.5 Å². The van der Waals surface area contributed by atoms with E-state index in [0.29, 0.717) is 41.7 Å². The summed E-state index contributed by atoms with van der Waals surface area (Å²) in [7, 11) is 0. The van der Waals surface area contributed by atoms with Crippen molar-refractivity contribution in [3.05, 3.63) is 33.5 Å². The number of benzene rings is 1. The predicted octanol–water partition coefficient (Wildman–Crippen LogP) is 4.39. The van der Waals surface area contributed by atoms with Gasteiger partial charge in [0.25, 0.3) is 5.88 Å². The fraction of sp³-hybridized carbons (Fsp3) is 0.444. The van der Waals surface area contributed by atoms with Gasteiger partial charge in [-0.05, 0) is 43.5 Å². The SMILES string of the molecule is CC(C)Oc1cc(CCC(=O)N2CCCc3c(Cl)cc(Cl)c(O)c32)on1. The van der Waals surface area contributed by atoms with Crippen LogP contribution in [0.15, 0.2) is 16.7 Å². The minimum Gasteiger partial charge on any atom is -0.504 e. The van der Waals surface area contributed by atoms with Crippen molar-refractivity contribution in [1.29, 1.82) is 0 Å². The number of aryl methyl sites for hydroxylation is 1. The summed E-state index contributed by atoms with van der Waals surface area (Å²) in [5.74, 6) is 0.732. The molecule has 0 unspecified atom stereocenters. The molecule has 2 heterocycles. The molecule has 0 spiro atoms. The van der Waals surface area contributed by atoms with Crippen LogP contribution in [0, 0.1) is 0 Å². The van der Waals surface area contributed by atoms with E-state index in [9.17, 15) is 9.90 Å². The molecule has 0 atom stereocenters. The second-order valence-corrected chi connectivity index (χ2v) is 7.28. The number of carbonyl (C=O) groups excluding carboxylic acids is 1. The Balaban J connectivity index is 1.73. The molecular weight excluding hydrogens is 379 g/mol. The number of phenols is 1. The first-order valence-corrected chi connectivity index (χ1v) is 9.25. The lowest BCUT2D eigenvalue weighted by molar-refractivity contribution is -0.118. The fourth-order valence-corrected chi connectivity index (χ4v) is 3.56. The number of aromatic nitrogens is 1. The number of ether oxygens (including phenoxy) is 1. The third-order valence-corrected chi connectivity index (χ3v) is 4.76. The molecule has 8 heteroatoms. The van der Waals surface area contributed by atoms with Gasteiger partial charge in [0.05, 0.1) is 16.8 Å². The third kappa shape index (κ3) is 3.91. The Bertz CT molecular complexity index is 820. The molecule has 140 valence electrons. The third-order valence-electron chi connectivity index (χ3n) is 4.14. The van der Waals surface area contributed by atoms with Gasteiger partial charge in [-0.3, -0.25) is 4.79 Å².